The van der Waals surface area contributed by atoms with Gasteiger partial charge in [0.1, 0.15) is 0 Å². The van der Waals surface area contributed by atoms with Crippen molar-refractivity contribution in [1.29, 1.82) is 0 Å². The summed E-state index contributed by atoms with van der Waals surface area (Å²) in [6.45, 7) is 0. The molecule has 0 rings (SSSR count). The minimum atomic E-state index is -3.21. The van der Waals surface area contributed by atoms with Crippen molar-refractivity contribution in [3.05, 3.63) is 0 Å². The third kappa shape index (κ3) is 3.44. The van der Waals surface area contributed by atoms with Gasteiger partial charge in [0, 0.05) is 21.3 Å². The lowest BCUT2D eigenvalue weighted by Gasteiger charge is -2.20. The smallest absolute Gasteiger partial charge is 0.272 e. The van der Waals surface area contributed by atoms with E-state index in [1.807, 2.05) is 0 Å². The van der Waals surface area contributed by atoms with Crippen LogP contribution in [0.5, 0.6) is 0 Å². The van der Waals surface area contributed by atoms with Crippen LogP contribution < -0.4 is 0 Å². The van der Waals surface area contributed by atoms with Gasteiger partial charge >= 0.3 is 0 Å². The van der Waals surface area contributed by atoms with E-state index >= 15 is 0 Å². The first kappa shape index (κ1) is 11.3. The van der Waals surface area contributed by atoms with Gasteiger partial charge in [0.2, 0.25) is 10.0 Å². The van der Waals surface area contributed by atoms with Gasteiger partial charge in [-0.15, -0.1) is 4.08 Å². The third-order valence-corrected chi connectivity index (χ3v) is 4.36. The van der Waals surface area contributed by atoms with E-state index in [-0.39, 0.29) is 0 Å². The number of hydrogen-bond acceptors (Lipinski definition) is 4. The lowest BCUT2D eigenvalue weighted by molar-refractivity contribution is 0.312. The molecule has 0 aromatic rings. The summed E-state index contributed by atoms with van der Waals surface area (Å²) in [6.07, 6.45) is 1.10. The molecule has 0 N–H and O–H groups in total. The van der Waals surface area contributed by atoms with Gasteiger partial charge in [0.15, 0.2) is 0 Å². The molecule has 7 heteroatoms. The average molecular weight is 201 g/mol. The topological polar surface area (TPSA) is 55.8 Å². The number of hydrogen-bond donors (Lipinski definition) is 0. The van der Waals surface area contributed by atoms with Crippen LogP contribution in [0.15, 0.2) is 0 Å². The maximum Gasteiger partial charge on any atom is 0.272 e. The van der Waals surface area contributed by atoms with Crippen LogP contribution in [0, 0.1) is 0 Å². The van der Waals surface area contributed by atoms with Crippen LogP contribution in [0.25, 0.3) is 0 Å². The quantitative estimate of drug-likeness (QED) is 0.618. The molecule has 0 aliphatic heterocycles. The van der Waals surface area contributed by atoms with E-state index in [0.717, 1.165) is 10.3 Å². The van der Waals surface area contributed by atoms with E-state index in [0.29, 0.717) is 0 Å². The predicted octanol–water partition coefficient (Wildman–Crippen LogP) is 0.397. The maximum atomic E-state index is 10.9. The van der Waals surface area contributed by atoms with Gasteiger partial charge in [-0.2, -0.15) is 0 Å². The summed E-state index contributed by atoms with van der Waals surface area (Å²) in [4.78, 5) is 0. The summed E-state index contributed by atoms with van der Waals surface area (Å²) in [5.41, 5.74) is 0. The minimum absolute atomic E-state index is 1.06. The van der Waals surface area contributed by atoms with Crippen molar-refractivity contribution in [1.82, 2.24) is 4.08 Å². The van der Waals surface area contributed by atoms with Gasteiger partial charge < -0.3 is 9.05 Å². The summed E-state index contributed by atoms with van der Waals surface area (Å²) in [5, 5.41) is 0. The number of nitrogens with zero attached hydrogens (tertiary/aromatic N) is 1. The highest BCUT2D eigenvalue weighted by Gasteiger charge is 2.22. The fourth-order valence-electron chi connectivity index (χ4n) is 0.426. The number of rotatable bonds is 4. The molecule has 0 aromatic carbocycles. The molecule has 0 bridgehead atoms. The largest absolute Gasteiger partial charge is 0.325 e. The molecule has 0 unspecified atom stereocenters. The Bertz CT molecular complexity index is 200. The Morgan fingerprint density at radius 2 is 1.64 bits per heavy atom. The SMILES string of the molecule is COP(OC)N(C)S(C)(=O)=O. The zero-order chi connectivity index (χ0) is 9.07. The van der Waals surface area contributed by atoms with E-state index in [1.165, 1.54) is 21.3 Å². The zero-order valence-electron chi connectivity index (χ0n) is 6.94. The standard InChI is InChI=1S/C4H12NO4PS/c1-5(11(4,6)7)10(8-2)9-3/h1-4H3. The monoisotopic (exact) mass is 201 g/mol. The maximum absolute atomic E-state index is 10.9. The Labute approximate surface area is 68.3 Å². The Morgan fingerprint density at radius 3 is 1.73 bits per heavy atom. The van der Waals surface area contributed by atoms with Crippen LogP contribution in [0.3, 0.4) is 0 Å². The Hall–Kier alpha value is 0.260. The fourth-order valence-corrected chi connectivity index (χ4v) is 2.40. The van der Waals surface area contributed by atoms with Crippen LogP contribution in [-0.4, -0.2) is 40.0 Å². The summed E-state index contributed by atoms with van der Waals surface area (Å²) in [6, 6.07) is 0. The summed E-state index contributed by atoms with van der Waals surface area (Å²) in [5.74, 6) is 0. The Balaban J connectivity index is 4.33. The van der Waals surface area contributed by atoms with Gasteiger partial charge in [0.25, 0.3) is 8.53 Å². The zero-order valence-corrected chi connectivity index (χ0v) is 8.65. The number of sulfonamides is 1. The average Bonchev–Trinajstić information content (AvgIpc) is 1.88. The van der Waals surface area contributed by atoms with E-state index in [2.05, 4.69) is 0 Å². The van der Waals surface area contributed by atoms with Crippen LogP contribution >= 0.6 is 8.53 Å². The first-order valence-electron chi connectivity index (χ1n) is 2.75. The molecular weight excluding hydrogens is 189 g/mol. The van der Waals surface area contributed by atoms with Crippen molar-refractivity contribution in [2.75, 3.05) is 27.5 Å². The molecule has 0 heterocycles. The molecule has 0 atom stereocenters. The van der Waals surface area contributed by atoms with Crippen molar-refractivity contribution < 1.29 is 17.5 Å². The molecule has 11 heavy (non-hydrogen) atoms. The molecule has 0 fully saturated rings. The highest BCUT2D eigenvalue weighted by atomic mass is 32.2. The van der Waals surface area contributed by atoms with Crippen molar-refractivity contribution in [3.8, 4) is 0 Å². The molecule has 0 saturated carbocycles. The van der Waals surface area contributed by atoms with Crippen molar-refractivity contribution in [2.45, 2.75) is 0 Å². The highest BCUT2D eigenvalue weighted by Crippen LogP contribution is 2.40. The summed E-state index contributed by atoms with van der Waals surface area (Å²) in [7, 11) is -0.464. The van der Waals surface area contributed by atoms with E-state index in [1.54, 1.807) is 0 Å². The van der Waals surface area contributed by atoms with Crippen molar-refractivity contribution >= 4 is 18.5 Å². The molecule has 0 aliphatic carbocycles. The van der Waals surface area contributed by atoms with Gasteiger partial charge in [-0.1, -0.05) is 0 Å². The van der Waals surface area contributed by atoms with Crippen LogP contribution in [0.4, 0.5) is 0 Å². The molecule has 68 valence electrons. The molecule has 0 aromatic heterocycles. The molecule has 0 aliphatic rings. The van der Waals surface area contributed by atoms with Gasteiger partial charge in [-0.05, 0) is 0 Å². The summed E-state index contributed by atoms with van der Waals surface area (Å²) < 4.78 is 32.4. The Kier molecular flexibility index (Phi) is 4.43. The van der Waals surface area contributed by atoms with Crippen molar-refractivity contribution in [3.63, 3.8) is 0 Å². The second-order valence-electron chi connectivity index (χ2n) is 1.80. The summed E-state index contributed by atoms with van der Waals surface area (Å²) >= 11 is 0. The first-order valence-corrected chi connectivity index (χ1v) is 5.73. The van der Waals surface area contributed by atoms with Crippen LogP contribution in [-0.2, 0) is 19.1 Å². The van der Waals surface area contributed by atoms with Crippen molar-refractivity contribution in [2.24, 2.45) is 0 Å². The van der Waals surface area contributed by atoms with E-state index < -0.39 is 18.5 Å². The van der Waals surface area contributed by atoms with E-state index in [9.17, 15) is 8.42 Å². The van der Waals surface area contributed by atoms with Crippen LogP contribution in [0.1, 0.15) is 0 Å². The second-order valence-corrected chi connectivity index (χ2v) is 5.89. The van der Waals surface area contributed by atoms with Gasteiger partial charge in [-0.25, -0.2) is 8.42 Å². The lowest BCUT2D eigenvalue weighted by Crippen LogP contribution is -2.21. The Morgan fingerprint density at radius 1 is 1.27 bits per heavy atom. The lowest BCUT2D eigenvalue weighted by atomic mass is 11.6. The molecule has 0 spiro atoms. The van der Waals surface area contributed by atoms with E-state index in [4.69, 9.17) is 9.05 Å². The van der Waals surface area contributed by atoms with Gasteiger partial charge in [0.05, 0.1) is 6.26 Å². The van der Waals surface area contributed by atoms with Gasteiger partial charge in [-0.3, -0.25) is 0 Å². The molecule has 5 nitrogen and oxygen atoms in total. The predicted molar refractivity (Wildman–Crippen MR) is 43.5 cm³/mol. The highest BCUT2D eigenvalue weighted by molar-refractivity contribution is 7.92. The normalized spacial score (nSPS) is 12.9. The molecular formula is C4H12NO4PS. The molecule has 0 saturated heterocycles. The second kappa shape index (κ2) is 4.33. The first-order chi connectivity index (χ1) is 4.93. The molecule has 0 radical (unpaired) electrons. The fraction of sp³-hybridized carbons (Fsp3) is 1.00. The van der Waals surface area contributed by atoms with Crippen LogP contribution in [0.2, 0.25) is 0 Å². The third-order valence-electron chi connectivity index (χ3n) is 1.02. The molecule has 0 amide bonds. The minimum Gasteiger partial charge on any atom is -0.325 e.